The number of amides is 2. The SMILES string of the molecule is CC(C)(C)OC(=O)N1C(=O)[C@H](CCCC/C=C/COC(F)(F)C(F)C(F)(F)F)[C@@H]1/C=C/COC(F)(F)C(F)C(F)(F)F. The number of likely N-dealkylation sites (tertiary alicyclic amines) is 1. The number of carbonyl (C=O) groups excluding carboxylic acids is 2. The van der Waals surface area contributed by atoms with Crippen molar-refractivity contribution in [3.63, 3.8) is 0 Å². The number of allylic oxidation sites excluding steroid dienone is 1. The van der Waals surface area contributed by atoms with E-state index in [1.54, 1.807) is 0 Å². The van der Waals surface area contributed by atoms with E-state index in [2.05, 4.69) is 9.47 Å². The minimum Gasteiger partial charge on any atom is -0.443 e. The van der Waals surface area contributed by atoms with Gasteiger partial charge in [-0.25, -0.2) is 18.5 Å². The van der Waals surface area contributed by atoms with Gasteiger partial charge >= 0.3 is 30.7 Å². The van der Waals surface area contributed by atoms with Crippen molar-refractivity contribution in [2.75, 3.05) is 13.2 Å². The number of halogens is 12. The standard InChI is InChI=1S/C24H29F12NO5/c1-20(2,3)42-19(39)37-15(11-9-13-41-24(35,36)18(26)22(30,31)32)14(16(37)38)10-7-5-4-6-8-12-40-23(33,34)17(25)21(27,28)29/h6,8-9,11,14-15,17-18H,4-5,7,10,12-13H2,1-3H3/b8-6+,11-9+/t14-,15+,17?,18?/m1/s1. The molecule has 0 bridgehead atoms. The summed E-state index contributed by atoms with van der Waals surface area (Å²) in [7, 11) is 0. The van der Waals surface area contributed by atoms with Gasteiger partial charge in [-0.2, -0.15) is 43.9 Å². The van der Waals surface area contributed by atoms with E-state index in [1.807, 2.05) is 0 Å². The Morgan fingerprint density at radius 2 is 1.29 bits per heavy atom. The highest BCUT2D eigenvalue weighted by molar-refractivity contribution is 6.00. The highest BCUT2D eigenvalue weighted by atomic mass is 19.4. The monoisotopic (exact) mass is 639 g/mol. The molecule has 42 heavy (non-hydrogen) atoms. The van der Waals surface area contributed by atoms with Crippen LogP contribution in [0, 0.1) is 5.92 Å². The third-order valence-electron chi connectivity index (χ3n) is 5.40. The molecule has 1 saturated heterocycles. The fourth-order valence-electron chi connectivity index (χ4n) is 3.46. The molecule has 1 rings (SSSR count). The van der Waals surface area contributed by atoms with Gasteiger partial charge in [0.05, 0.1) is 25.2 Å². The first-order valence-corrected chi connectivity index (χ1v) is 12.2. The fraction of sp³-hybridized carbons (Fsp3) is 0.750. The number of hydrogen-bond donors (Lipinski definition) is 0. The lowest BCUT2D eigenvalue weighted by Crippen LogP contribution is -2.63. The molecular weight excluding hydrogens is 610 g/mol. The van der Waals surface area contributed by atoms with Crippen LogP contribution in [0.25, 0.3) is 0 Å². The Labute approximate surface area is 232 Å². The molecular formula is C24H29F12NO5. The molecule has 0 N–H and O–H groups in total. The van der Waals surface area contributed by atoms with Crippen molar-refractivity contribution < 1.29 is 76.5 Å². The first-order valence-electron chi connectivity index (χ1n) is 12.2. The molecule has 0 radical (unpaired) electrons. The molecule has 1 aliphatic heterocycles. The first-order chi connectivity index (χ1) is 18.9. The zero-order valence-corrected chi connectivity index (χ0v) is 22.4. The third-order valence-corrected chi connectivity index (χ3v) is 5.40. The Hall–Kier alpha value is -2.50. The predicted octanol–water partition coefficient (Wildman–Crippen LogP) is 7.44. The van der Waals surface area contributed by atoms with Crippen LogP contribution in [-0.2, 0) is 19.0 Å². The van der Waals surface area contributed by atoms with Gasteiger partial charge in [-0.15, -0.1) is 0 Å². The number of rotatable bonds is 14. The highest BCUT2D eigenvalue weighted by Crippen LogP contribution is 2.37. The van der Waals surface area contributed by atoms with Gasteiger partial charge in [-0.3, -0.25) is 4.79 Å². The Morgan fingerprint density at radius 3 is 1.74 bits per heavy atom. The van der Waals surface area contributed by atoms with Gasteiger partial charge < -0.3 is 14.2 Å². The molecule has 0 saturated carbocycles. The molecule has 1 aliphatic rings. The van der Waals surface area contributed by atoms with Crippen LogP contribution in [-0.4, -0.2) is 78.7 Å². The van der Waals surface area contributed by atoms with Gasteiger partial charge in [0.1, 0.15) is 5.60 Å². The number of unbranched alkanes of at least 4 members (excludes halogenated alkanes) is 2. The molecule has 0 spiro atoms. The second-order valence-electron chi connectivity index (χ2n) is 10.0. The second kappa shape index (κ2) is 14.3. The average Bonchev–Trinajstić information content (AvgIpc) is 2.81. The van der Waals surface area contributed by atoms with E-state index >= 15 is 0 Å². The van der Waals surface area contributed by atoms with Gasteiger partial charge in [-0.05, 0) is 40.0 Å². The van der Waals surface area contributed by atoms with Crippen LogP contribution in [0.15, 0.2) is 24.3 Å². The van der Waals surface area contributed by atoms with Crippen molar-refractivity contribution in [2.45, 2.75) is 95.0 Å². The van der Waals surface area contributed by atoms with E-state index in [-0.39, 0.29) is 19.3 Å². The number of hydrogen-bond acceptors (Lipinski definition) is 5. The average molecular weight is 639 g/mol. The number of carbonyl (C=O) groups is 2. The molecule has 0 aliphatic carbocycles. The minimum absolute atomic E-state index is 0.0856. The van der Waals surface area contributed by atoms with Crippen LogP contribution >= 0.6 is 0 Å². The van der Waals surface area contributed by atoms with Crippen molar-refractivity contribution in [1.82, 2.24) is 4.90 Å². The number of nitrogens with zero attached hydrogens (tertiary/aromatic N) is 1. The van der Waals surface area contributed by atoms with Gasteiger partial charge in [0, 0.05) is 0 Å². The Balaban J connectivity index is 2.70. The van der Waals surface area contributed by atoms with E-state index in [1.165, 1.54) is 26.8 Å². The minimum atomic E-state index is -5.88. The van der Waals surface area contributed by atoms with Gasteiger partial charge in [-0.1, -0.05) is 30.7 Å². The summed E-state index contributed by atoms with van der Waals surface area (Å²) in [6, 6.07) is -1.08. The molecule has 0 aromatic carbocycles. The topological polar surface area (TPSA) is 65.1 Å². The van der Waals surface area contributed by atoms with E-state index in [0.717, 1.165) is 18.2 Å². The summed E-state index contributed by atoms with van der Waals surface area (Å²) in [5.41, 5.74) is -1.03. The van der Waals surface area contributed by atoms with Crippen LogP contribution in [0.1, 0.15) is 46.5 Å². The maximum absolute atomic E-state index is 13.3. The van der Waals surface area contributed by atoms with Crippen molar-refractivity contribution >= 4 is 12.0 Å². The molecule has 0 aromatic rings. The van der Waals surface area contributed by atoms with E-state index in [0.29, 0.717) is 11.3 Å². The summed E-state index contributed by atoms with van der Waals surface area (Å²) in [6.45, 7) is 2.24. The third kappa shape index (κ3) is 11.3. The Kier molecular flexibility index (Phi) is 12.8. The number of ether oxygens (including phenoxy) is 3. The maximum atomic E-state index is 13.3. The first kappa shape index (κ1) is 37.5. The lowest BCUT2D eigenvalue weighted by molar-refractivity contribution is -0.333. The zero-order chi connectivity index (χ0) is 32.7. The van der Waals surface area contributed by atoms with Crippen LogP contribution in [0.5, 0.6) is 0 Å². The molecule has 244 valence electrons. The van der Waals surface area contributed by atoms with Crippen molar-refractivity contribution in [3.05, 3.63) is 24.3 Å². The quantitative estimate of drug-likeness (QED) is 0.0856. The highest BCUT2D eigenvalue weighted by Gasteiger charge is 2.59. The van der Waals surface area contributed by atoms with Gasteiger partial charge in [0.25, 0.3) is 12.3 Å². The summed E-state index contributed by atoms with van der Waals surface area (Å²) in [4.78, 5) is 25.6. The molecule has 1 fully saturated rings. The second-order valence-corrected chi connectivity index (χ2v) is 10.0. The van der Waals surface area contributed by atoms with Gasteiger partial charge in [0.15, 0.2) is 0 Å². The number of β-lactam (4-membered cyclic amide) rings is 1. The van der Waals surface area contributed by atoms with Crippen LogP contribution in [0.3, 0.4) is 0 Å². The van der Waals surface area contributed by atoms with Crippen molar-refractivity contribution in [3.8, 4) is 0 Å². The smallest absolute Gasteiger partial charge is 0.428 e. The van der Waals surface area contributed by atoms with Crippen LogP contribution < -0.4 is 0 Å². The largest absolute Gasteiger partial charge is 0.443 e. The lowest BCUT2D eigenvalue weighted by atomic mass is 9.83. The zero-order valence-electron chi connectivity index (χ0n) is 22.4. The maximum Gasteiger partial charge on any atom is 0.428 e. The Morgan fingerprint density at radius 1 is 0.810 bits per heavy atom. The van der Waals surface area contributed by atoms with Gasteiger partial charge in [0.2, 0.25) is 5.91 Å². The fourth-order valence-corrected chi connectivity index (χ4v) is 3.46. The number of imide groups is 1. The molecule has 6 nitrogen and oxygen atoms in total. The molecule has 1 heterocycles. The van der Waals surface area contributed by atoms with Crippen LogP contribution in [0.4, 0.5) is 57.5 Å². The molecule has 2 amide bonds. The summed E-state index contributed by atoms with van der Waals surface area (Å²) in [5.74, 6) is -1.63. The van der Waals surface area contributed by atoms with E-state index < -0.39 is 79.7 Å². The molecule has 0 aromatic heterocycles. The molecule has 18 heteroatoms. The Bertz CT molecular complexity index is 959. The summed E-state index contributed by atoms with van der Waals surface area (Å²) in [5, 5.41) is 0. The van der Waals surface area contributed by atoms with Crippen molar-refractivity contribution in [1.29, 1.82) is 0 Å². The molecule has 4 atom stereocenters. The predicted molar refractivity (Wildman–Crippen MR) is 121 cm³/mol. The van der Waals surface area contributed by atoms with Crippen LogP contribution in [0.2, 0.25) is 0 Å². The summed E-state index contributed by atoms with van der Waals surface area (Å²) >= 11 is 0. The van der Waals surface area contributed by atoms with Crippen molar-refractivity contribution in [2.24, 2.45) is 5.92 Å². The lowest BCUT2D eigenvalue weighted by Gasteiger charge is -2.44. The normalized spacial score (nSPS) is 20.7. The summed E-state index contributed by atoms with van der Waals surface area (Å²) in [6.07, 6.45) is -27.4. The molecule has 2 unspecified atom stereocenters. The summed E-state index contributed by atoms with van der Waals surface area (Å²) < 4.78 is 164. The van der Waals surface area contributed by atoms with E-state index in [9.17, 15) is 62.3 Å². The number of alkyl halides is 12. The van der Waals surface area contributed by atoms with E-state index in [4.69, 9.17) is 4.74 Å².